The molecule has 1 aliphatic heterocycles. The van der Waals surface area contributed by atoms with E-state index in [0.717, 1.165) is 31.2 Å². The third-order valence-electron chi connectivity index (χ3n) is 6.36. The Morgan fingerprint density at radius 3 is 2.50 bits per heavy atom. The first-order chi connectivity index (χ1) is 13.6. The van der Waals surface area contributed by atoms with Gasteiger partial charge in [0, 0.05) is 18.2 Å². The van der Waals surface area contributed by atoms with Crippen LogP contribution in [0.5, 0.6) is 0 Å². The molecule has 2 fully saturated rings. The van der Waals surface area contributed by atoms with Crippen molar-refractivity contribution in [3.8, 4) is 0 Å². The van der Waals surface area contributed by atoms with Crippen LogP contribution in [0.1, 0.15) is 53.6 Å². The summed E-state index contributed by atoms with van der Waals surface area (Å²) in [7, 11) is 0. The number of fused-ring (bicyclic) bond motifs is 1. The molecule has 146 valence electrons. The van der Waals surface area contributed by atoms with Gasteiger partial charge in [0.25, 0.3) is 5.91 Å². The standard InChI is InChI=1S/C24H28N2O2/c1-17-9-5-6-13-20(17)16-25-23(27)22-15-19-12-7-8-14-21(19)26(22)24(28)18-10-3-2-4-11-18/h2-6,9-11,13,19,21-22H,7-8,12,14-16H2,1H3,(H,25,27). The van der Waals surface area contributed by atoms with Crippen molar-refractivity contribution in [1.82, 2.24) is 10.2 Å². The van der Waals surface area contributed by atoms with E-state index in [1.165, 1.54) is 12.0 Å². The van der Waals surface area contributed by atoms with E-state index in [1.54, 1.807) is 0 Å². The van der Waals surface area contributed by atoms with E-state index >= 15 is 0 Å². The van der Waals surface area contributed by atoms with E-state index in [9.17, 15) is 9.59 Å². The summed E-state index contributed by atoms with van der Waals surface area (Å²) in [6, 6.07) is 17.3. The van der Waals surface area contributed by atoms with E-state index in [2.05, 4.69) is 18.3 Å². The van der Waals surface area contributed by atoms with Crippen molar-refractivity contribution in [2.75, 3.05) is 0 Å². The number of carbonyl (C=O) groups is 2. The molecule has 28 heavy (non-hydrogen) atoms. The lowest BCUT2D eigenvalue weighted by Gasteiger charge is -2.33. The largest absolute Gasteiger partial charge is 0.350 e. The number of carbonyl (C=O) groups excluding carboxylic acids is 2. The Hall–Kier alpha value is -2.62. The summed E-state index contributed by atoms with van der Waals surface area (Å²) < 4.78 is 0. The van der Waals surface area contributed by atoms with Crippen molar-refractivity contribution in [3.05, 3.63) is 71.3 Å². The molecule has 3 unspecified atom stereocenters. The molecule has 4 nitrogen and oxygen atoms in total. The van der Waals surface area contributed by atoms with Crippen molar-refractivity contribution in [3.63, 3.8) is 0 Å². The topological polar surface area (TPSA) is 49.4 Å². The van der Waals surface area contributed by atoms with Gasteiger partial charge in [0.2, 0.25) is 5.91 Å². The van der Waals surface area contributed by atoms with E-state index in [4.69, 9.17) is 0 Å². The smallest absolute Gasteiger partial charge is 0.254 e. The third-order valence-corrected chi connectivity index (χ3v) is 6.36. The van der Waals surface area contributed by atoms with E-state index in [-0.39, 0.29) is 23.9 Å². The van der Waals surface area contributed by atoms with Gasteiger partial charge in [-0.05, 0) is 55.4 Å². The van der Waals surface area contributed by atoms with Crippen LogP contribution in [0.4, 0.5) is 0 Å². The maximum Gasteiger partial charge on any atom is 0.254 e. The Bertz CT molecular complexity index is 849. The number of amides is 2. The predicted octanol–water partition coefficient (Wildman–Crippen LogP) is 4.08. The molecule has 3 atom stereocenters. The lowest BCUT2D eigenvalue weighted by molar-refractivity contribution is -0.125. The molecule has 0 aromatic heterocycles. The number of aryl methyl sites for hydroxylation is 1. The van der Waals surface area contributed by atoms with Crippen LogP contribution >= 0.6 is 0 Å². The molecule has 1 heterocycles. The first kappa shape index (κ1) is 18.7. The van der Waals surface area contributed by atoms with Gasteiger partial charge in [-0.1, -0.05) is 55.3 Å². The van der Waals surface area contributed by atoms with Crippen LogP contribution in [0, 0.1) is 12.8 Å². The molecule has 2 amide bonds. The summed E-state index contributed by atoms with van der Waals surface area (Å²) in [6.45, 7) is 2.56. The highest BCUT2D eigenvalue weighted by atomic mass is 16.2. The highest BCUT2D eigenvalue weighted by Crippen LogP contribution is 2.40. The predicted molar refractivity (Wildman–Crippen MR) is 110 cm³/mol. The lowest BCUT2D eigenvalue weighted by Crippen LogP contribution is -2.49. The second-order valence-electron chi connectivity index (χ2n) is 8.09. The Morgan fingerprint density at radius 1 is 1.00 bits per heavy atom. The summed E-state index contributed by atoms with van der Waals surface area (Å²) in [4.78, 5) is 28.3. The van der Waals surface area contributed by atoms with Crippen LogP contribution in [-0.4, -0.2) is 28.8 Å². The highest BCUT2D eigenvalue weighted by Gasteiger charge is 2.47. The van der Waals surface area contributed by atoms with E-state index in [1.807, 2.05) is 53.4 Å². The first-order valence-electron chi connectivity index (χ1n) is 10.3. The van der Waals surface area contributed by atoms with Crippen LogP contribution in [0.3, 0.4) is 0 Å². The van der Waals surface area contributed by atoms with Crippen molar-refractivity contribution < 1.29 is 9.59 Å². The average molecular weight is 377 g/mol. The minimum atomic E-state index is -0.371. The number of benzene rings is 2. The molecule has 2 aromatic carbocycles. The molecule has 2 aromatic rings. The monoisotopic (exact) mass is 376 g/mol. The van der Waals surface area contributed by atoms with Gasteiger partial charge in [-0.2, -0.15) is 0 Å². The van der Waals surface area contributed by atoms with Crippen molar-refractivity contribution in [2.24, 2.45) is 5.92 Å². The number of nitrogens with zero attached hydrogens (tertiary/aromatic N) is 1. The minimum absolute atomic E-state index is 0.00829. The lowest BCUT2D eigenvalue weighted by atomic mass is 9.84. The van der Waals surface area contributed by atoms with Crippen LogP contribution in [-0.2, 0) is 11.3 Å². The molecule has 1 aliphatic carbocycles. The van der Waals surface area contributed by atoms with Crippen LogP contribution in [0.25, 0.3) is 0 Å². The second-order valence-corrected chi connectivity index (χ2v) is 8.09. The first-order valence-corrected chi connectivity index (χ1v) is 10.3. The maximum absolute atomic E-state index is 13.3. The molecule has 0 spiro atoms. The molecule has 1 saturated carbocycles. The maximum atomic E-state index is 13.3. The fraction of sp³-hybridized carbons (Fsp3) is 0.417. The van der Waals surface area contributed by atoms with Crippen LogP contribution < -0.4 is 5.32 Å². The molecular weight excluding hydrogens is 348 g/mol. The summed E-state index contributed by atoms with van der Waals surface area (Å²) in [5, 5.41) is 3.09. The van der Waals surface area contributed by atoms with Gasteiger partial charge >= 0.3 is 0 Å². The van der Waals surface area contributed by atoms with Crippen LogP contribution in [0.15, 0.2) is 54.6 Å². The van der Waals surface area contributed by atoms with Crippen molar-refractivity contribution >= 4 is 11.8 Å². The molecule has 0 bridgehead atoms. The zero-order valence-electron chi connectivity index (χ0n) is 16.4. The zero-order valence-corrected chi connectivity index (χ0v) is 16.4. The van der Waals surface area contributed by atoms with E-state index in [0.29, 0.717) is 18.0 Å². The SMILES string of the molecule is Cc1ccccc1CNC(=O)C1CC2CCCCC2N1C(=O)c1ccccc1. The number of likely N-dealkylation sites (tertiary alicyclic amines) is 1. The molecule has 1 saturated heterocycles. The normalized spacial score (nSPS) is 23.9. The molecular formula is C24H28N2O2. The summed E-state index contributed by atoms with van der Waals surface area (Å²) >= 11 is 0. The van der Waals surface area contributed by atoms with Gasteiger partial charge in [0.05, 0.1) is 0 Å². The minimum Gasteiger partial charge on any atom is -0.350 e. The Kier molecular flexibility index (Phi) is 5.47. The Balaban J connectivity index is 1.54. The highest BCUT2D eigenvalue weighted by molar-refractivity contribution is 5.98. The summed E-state index contributed by atoms with van der Waals surface area (Å²) in [6.07, 6.45) is 5.24. The fourth-order valence-corrected chi connectivity index (χ4v) is 4.82. The average Bonchev–Trinajstić information content (AvgIpc) is 3.13. The summed E-state index contributed by atoms with van der Waals surface area (Å²) in [5.41, 5.74) is 2.96. The molecule has 2 aliphatic rings. The van der Waals surface area contributed by atoms with Gasteiger partial charge in [0.1, 0.15) is 6.04 Å². The zero-order chi connectivity index (χ0) is 19.5. The number of rotatable bonds is 4. The second kappa shape index (κ2) is 8.17. The quantitative estimate of drug-likeness (QED) is 0.874. The van der Waals surface area contributed by atoms with Gasteiger partial charge < -0.3 is 10.2 Å². The summed E-state index contributed by atoms with van der Waals surface area (Å²) in [5.74, 6) is 0.406. The Morgan fingerprint density at radius 2 is 1.71 bits per heavy atom. The van der Waals surface area contributed by atoms with Gasteiger partial charge in [-0.15, -0.1) is 0 Å². The third kappa shape index (κ3) is 3.68. The van der Waals surface area contributed by atoms with Gasteiger partial charge in [-0.3, -0.25) is 9.59 Å². The molecule has 4 heteroatoms. The molecule has 4 rings (SSSR count). The van der Waals surface area contributed by atoms with Gasteiger partial charge in [-0.25, -0.2) is 0 Å². The van der Waals surface area contributed by atoms with Crippen LogP contribution in [0.2, 0.25) is 0 Å². The van der Waals surface area contributed by atoms with Gasteiger partial charge in [0.15, 0.2) is 0 Å². The number of nitrogens with one attached hydrogen (secondary N) is 1. The Labute approximate surface area is 166 Å². The molecule has 1 N–H and O–H groups in total. The van der Waals surface area contributed by atoms with Crippen molar-refractivity contribution in [1.29, 1.82) is 0 Å². The fourth-order valence-electron chi connectivity index (χ4n) is 4.82. The van der Waals surface area contributed by atoms with Crippen molar-refractivity contribution in [2.45, 2.75) is 57.7 Å². The number of hydrogen-bond acceptors (Lipinski definition) is 2. The molecule has 0 radical (unpaired) electrons. The number of hydrogen-bond donors (Lipinski definition) is 1. The van der Waals surface area contributed by atoms with E-state index < -0.39 is 0 Å².